The molecule has 4 nitrogen and oxygen atoms in total. The highest BCUT2D eigenvalue weighted by Gasteiger charge is 1.99. The van der Waals surface area contributed by atoms with E-state index in [0.29, 0.717) is 16.3 Å². The fourth-order valence-corrected chi connectivity index (χ4v) is 1.12. The molecule has 11 heavy (non-hydrogen) atoms. The fraction of sp³-hybridized carbons (Fsp3) is 0. The van der Waals surface area contributed by atoms with Crippen LogP contribution in [0.1, 0.15) is 0 Å². The first-order chi connectivity index (χ1) is 5.11. The molecule has 0 bridgehead atoms. The van der Waals surface area contributed by atoms with Crippen molar-refractivity contribution in [2.24, 2.45) is 5.14 Å². The number of hydrogen-bond donors (Lipinski definition) is 3. The van der Waals surface area contributed by atoms with Crippen LogP contribution >= 0.6 is 0 Å². The van der Waals surface area contributed by atoms with Crippen LogP contribution in [0.15, 0.2) is 23.1 Å². The molecule has 1 rings (SSSR count). The van der Waals surface area contributed by atoms with Crippen molar-refractivity contribution in [2.45, 2.75) is 4.90 Å². The minimum Gasteiger partial charge on any atom is -0.397 e. The molecule has 0 aliphatic rings. The van der Waals surface area contributed by atoms with Crippen molar-refractivity contribution >= 4 is 22.4 Å². The van der Waals surface area contributed by atoms with E-state index < -0.39 is 11.0 Å². The van der Waals surface area contributed by atoms with Gasteiger partial charge in [-0.3, -0.25) is 0 Å². The van der Waals surface area contributed by atoms with Crippen LogP contribution in [0.3, 0.4) is 0 Å². The van der Waals surface area contributed by atoms with E-state index in [-0.39, 0.29) is 0 Å². The predicted molar refractivity (Wildman–Crippen MR) is 45.9 cm³/mol. The van der Waals surface area contributed by atoms with Gasteiger partial charge in [0.1, 0.15) is 11.0 Å². The first-order valence-electron chi connectivity index (χ1n) is 2.92. The lowest BCUT2D eigenvalue weighted by atomic mass is 10.3. The number of benzene rings is 1. The van der Waals surface area contributed by atoms with Crippen LogP contribution < -0.4 is 16.6 Å². The second-order valence-electron chi connectivity index (χ2n) is 2.09. The smallest absolute Gasteiger partial charge is 0.122 e. The van der Waals surface area contributed by atoms with Crippen LogP contribution in [0.2, 0.25) is 0 Å². The Balaban J connectivity index is 3.15. The van der Waals surface area contributed by atoms with Crippen LogP contribution in [-0.2, 0) is 11.0 Å². The zero-order valence-electron chi connectivity index (χ0n) is 5.78. The van der Waals surface area contributed by atoms with Crippen LogP contribution in [0.4, 0.5) is 11.4 Å². The second kappa shape index (κ2) is 2.89. The minimum absolute atomic E-state index is 0.404. The summed E-state index contributed by atoms with van der Waals surface area (Å²) in [5.41, 5.74) is 11.7. The van der Waals surface area contributed by atoms with Gasteiger partial charge in [0.25, 0.3) is 0 Å². The van der Waals surface area contributed by atoms with Crippen LogP contribution in [0, 0.1) is 0 Å². The Labute approximate surface area is 67.0 Å². The van der Waals surface area contributed by atoms with Crippen molar-refractivity contribution in [1.29, 1.82) is 0 Å². The molecule has 0 aliphatic carbocycles. The van der Waals surface area contributed by atoms with Crippen molar-refractivity contribution < 1.29 is 4.21 Å². The number of rotatable bonds is 1. The third kappa shape index (κ3) is 1.69. The maximum absolute atomic E-state index is 10.7. The lowest BCUT2D eigenvalue weighted by molar-refractivity contribution is 0.684. The lowest BCUT2D eigenvalue weighted by Gasteiger charge is -2.00. The van der Waals surface area contributed by atoms with Gasteiger partial charge in [-0.2, -0.15) is 0 Å². The Morgan fingerprint density at radius 3 is 2.27 bits per heavy atom. The summed E-state index contributed by atoms with van der Waals surface area (Å²) < 4.78 is 10.7. The van der Waals surface area contributed by atoms with Gasteiger partial charge in [0.05, 0.1) is 16.3 Å². The molecule has 0 amide bonds. The average Bonchev–Trinajstić information content (AvgIpc) is 1.94. The summed E-state index contributed by atoms with van der Waals surface area (Å²) in [6.45, 7) is 0. The SMILES string of the molecule is Nc1ccc(S(N)=O)cc1N. The van der Waals surface area contributed by atoms with E-state index in [2.05, 4.69) is 0 Å². The Kier molecular flexibility index (Phi) is 2.11. The van der Waals surface area contributed by atoms with Gasteiger partial charge in [0.2, 0.25) is 0 Å². The average molecular weight is 171 g/mol. The largest absolute Gasteiger partial charge is 0.397 e. The third-order valence-electron chi connectivity index (χ3n) is 1.29. The van der Waals surface area contributed by atoms with E-state index in [1.54, 1.807) is 12.1 Å². The molecule has 0 aliphatic heterocycles. The number of nitrogens with two attached hydrogens (primary N) is 3. The Hall–Kier alpha value is -1.07. The van der Waals surface area contributed by atoms with Crippen LogP contribution in [0.5, 0.6) is 0 Å². The topological polar surface area (TPSA) is 95.1 Å². The normalized spacial score (nSPS) is 12.8. The molecule has 0 heterocycles. The van der Waals surface area contributed by atoms with Gasteiger partial charge < -0.3 is 11.5 Å². The molecule has 0 saturated heterocycles. The Bertz CT molecular complexity index is 300. The van der Waals surface area contributed by atoms with Crippen molar-refractivity contribution in [2.75, 3.05) is 11.5 Å². The molecule has 0 radical (unpaired) electrons. The van der Waals surface area contributed by atoms with E-state index in [4.69, 9.17) is 16.6 Å². The second-order valence-corrected chi connectivity index (χ2v) is 3.15. The van der Waals surface area contributed by atoms with E-state index in [0.717, 1.165) is 0 Å². The zero-order valence-corrected chi connectivity index (χ0v) is 6.60. The Morgan fingerprint density at radius 2 is 1.82 bits per heavy atom. The summed E-state index contributed by atoms with van der Waals surface area (Å²) in [6, 6.07) is 4.67. The van der Waals surface area contributed by atoms with Gasteiger partial charge in [-0.1, -0.05) is 0 Å². The van der Waals surface area contributed by atoms with E-state index in [9.17, 15) is 4.21 Å². The monoisotopic (exact) mass is 171 g/mol. The van der Waals surface area contributed by atoms with Gasteiger partial charge in [0, 0.05) is 0 Å². The molecule has 1 aromatic rings. The third-order valence-corrected chi connectivity index (χ3v) is 2.01. The molecule has 0 fully saturated rings. The molecule has 0 spiro atoms. The molecule has 0 aromatic heterocycles. The molecule has 5 heteroatoms. The molecule has 0 saturated carbocycles. The maximum atomic E-state index is 10.7. The van der Waals surface area contributed by atoms with Gasteiger partial charge in [-0.05, 0) is 18.2 Å². The summed E-state index contributed by atoms with van der Waals surface area (Å²) in [7, 11) is -1.48. The zero-order chi connectivity index (χ0) is 8.43. The van der Waals surface area contributed by atoms with Crippen LogP contribution in [-0.4, -0.2) is 4.21 Å². The summed E-state index contributed by atoms with van der Waals surface area (Å²) in [5, 5.41) is 5.11. The highest BCUT2D eigenvalue weighted by atomic mass is 32.2. The summed E-state index contributed by atoms with van der Waals surface area (Å²) >= 11 is 0. The van der Waals surface area contributed by atoms with Crippen molar-refractivity contribution in [1.82, 2.24) is 0 Å². The minimum atomic E-state index is -1.48. The molecule has 6 N–H and O–H groups in total. The lowest BCUT2D eigenvalue weighted by Crippen LogP contribution is -2.04. The maximum Gasteiger partial charge on any atom is 0.122 e. The standard InChI is InChI=1S/C6H9N3OS/c7-5-2-1-4(11(9)10)3-6(5)8/h1-3H,7-9H2. The Morgan fingerprint density at radius 1 is 1.18 bits per heavy atom. The number of nitrogen functional groups attached to an aromatic ring is 2. The summed E-state index contributed by atoms with van der Waals surface area (Å²) in [6.07, 6.45) is 0. The highest BCUT2D eigenvalue weighted by Crippen LogP contribution is 2.16. The van der Waals surface area contributed by atoms with Gasteiger partial charge in [0.15, 0.2) is 0 Å². The molecule has 1 unspecified atom stereocenters. The molecular formula is C6H9N3OS. The van der Waals surface area contributed by atoms with E-state index >= 15 is 0 Å². The number of hydrogen-bond acceptors (Lipinski definition) is 3. The predicted octanol–water partition coefficient (Wildman–Crippen LogP) is -0.168. The van der Waals surface area contributed by atoms with Gasteiger partial charge in [-0.15, -0.1) is 0 Å². The van der Waals surface area contributed by atoms with Gasteiger partial charge >= 0.3 is 0 Å². The van der Waals surface area contributed by atoms with Crippen molar-refractivity contribution in [3.05, 3.63) is 18.2 Å². The molecule has 60 valence electrons. The fourth-order valence-electron chi connectivity index (χ4n) is 0.678. The van der Waals surface area contributed by atoms with E-state index in [1.165, 1.54) is 6.07 Å². The van der Waals surface area contributed by atoms with Gasteiger partial charge in [-0.25, -0.2) is 9.35 Å². The van der Waals surface area contributed by atoms with Crippen LogP contribution in [0.25, 0.3) is 0 Å². The molecular weight excluding hydrogens is 162 g/mol. The molecule has 1 aromatic carbocycles. The number of anilines is 2. The van der Waals surface area contributed by atoms with Crippen molar-refractivity contribution in [3.8, 4) is 0 Å². The molecule has 1 atom stereocenters. The summed E-state index contributed by atoms with van der Waals surface area (Å²) in [4.78, 5) is 0.483. The van der Waals surface area contributed by atoms with E-state index in [1.807, 2.05) is 0 Å². The quantitative estimate of drug-likeness (QED) is 0.512. The first-order valence-corrected chi connectivity index (χ1v) is 4.13. The van der Waals surface area contributed by atoms with Crippen molar-refractivity contribution in [3.63, 3.8) is 0 Å². The highest BCUT2D eigenvalue weighted by molar-refractivity contribution is 7.82. The first kappa shape index (κ1) is 8.03. The summed E-state index contributed by atoms with van der Waals surface area (Å²) in [5.74, 6) is 0.